The fourth-order valence-corrected chi connectivity index (χ4v) is 4.73. The minimum atomic E-state index is -3.14. The number of likely N-dealkylation sites (tertiary alicyclic amines) is 1. The van der Waals surface area contributed by atoms with E-state index >= 15 is 0 Å². The second kappa shape index (κ2) is 7.83. The van der Waals surface area contributed by atoms with E-state index in [0.29, 0.717) is 68.6 Å². The molecule has 9 nitrogen and oxygen atoms in total. The Kier molecular flexibility index (Phi) is 5.39. The number of sulfonamides is 1. The van der Waals surface area contributed by atoms with Gasteiger partial charge in [0.15, 0.2) is 5.82 Å². The number of aryl methyl sites for hydroxylation is 1. The molecule has 2 aromatic heterocycles. The minimum Gasteiger partial charge on any atom is -0.339 e. The highest BCUT2D eigenvalue weighted by Crippen LogP contribution is 2.28. The van der Waals surface area contributed by atoms with Crippen LogP contribution in [0.4, 0.5) is 0 Å². The maximum atomic E-state index is 12.4. The van der Waals surface area contributed by atoms with Gasteiger partial charge in [0.05, 0.1) is 11.8 Å². The lowest BCUT2D eigenvalue weighted by Gasteiger charge is -2.38. The Hall–Kier alpha value is -2.33. The molecule has 2 saturated heterocycles. The Morgan fingerprint density at radius 1 is 1.24 bits per heavy atom. The fraction of sp³-hybridized carbons (Fsp3) is 0.579. The van der Waals surface area contributed by atoms with Crippen LogP contribution in [0.25, 0.3) is 0 Å². The highest BCUT2D eigenvalue weighted by atomic mass is 32.2. The molecule has 2 aromatic rings. The molecule has 2 fully saturated rings. The van der Waals surface area contributed by atoms with Crippen LogP contribution in [0.2, 0.25) is 0 Å². The zero-order valence-electron chi connectivity index (χ0n) is 16.6. The lowest BCUT2D eigenvalue weighted by molar-refractivity contribution is 0.0486. The predicted octanol–water partition coefficient (Wildman–Crippen LogP) is 1.23. The third kappa shape index (κ3) is 4.48. The number of carbonyl (C=O) groups is 1. The molecule has 4 heterocycles. The van der Waals surface area contributed by atoms with Crippen LogP contribution in [0.15, 0.2) is 22.9 Å². The molecule has 4 rings (SSSR count). The molecule has 0 unspecified atom stereocenters. The Balaban J connectivity index is 1.27. The van der Waals surface area contributed by atoms with E-state index in [2.05, 4.69) is 15.1 Å². The molecule has 0 N–H and O–H groups in total. The van der Waals surface area contributed by atoms with Crippen LogP contribution in [-0.2, 0) is 16.4 Å². The first-order valence-corrected chi connectivity index (χ1v) is 11.6. The van der Waals surface area contributed by atoms with Gasteiger partial charge >= 0.3 is 0 Å². The van der Waals surface area contributed by atoms with Crippen molar-refractivity contribution in [3.05, 3.63) is 41.3 Å². The van der Waals surface area contributed by atoms with Gasteiger partial charge in [-0.3, -0.25) is 9.78 Å². The van der Waals surface area contributed by atoms with E-state index in [1.54, 1.807) is 17.2 Å². The van der Waals surface area contributed by atoms with Crippen molar-refractivity contribution in [3.63, 3.8) is 0 Å². The molecule has 0 aliphatic carbocycles. The Bertz CT molecular complexity index is 974. The largest absolute Gasteiger partial charge is 0.339 e. The van der Waals surface area contributed by atoms with Crippen molar-refractivity contribution in [1.29, 1.82) is 0 Å². The SMILES string of the molecule is Cc1ccc(C(=O)N2CC(Cc3nc(C4CCN(S(C)(=O)=O)CC4)no3)C2)cn1. The molecule has 0 saturated carbocycles. The van der Waals surface area contributed by atoms with Crippen LogP contribution < -0.4 is 0 Å². The summed E-state index contributed by atoms with van der Waals surface area (Å²) in [5.41, 5.74) is 1.49. The number of aromatic nitrogens is 3. The molecule has 2 aliphatic heterocycles. The summed E-state index contributed by atoms with van der Waals surface area (Å²) in [4.78, 5) is 22.9. The second-order valence-electron chi connectivity index (χ2n) is 7.95. The van der Waals surface area contributed by atoms with Crippen LogP contribution in [0.1, 0.15) is 46.5 Å². The highest BCUT2D eigenvalue weighted by Gasteiger charge is 2.33. The van der Waals surface area contributed by atoms with E-state index in [1.165, 1.54) is 10.6 Å². The summed E-state index contributed by atoms with van der Waals surface area (Å²) in [6.45, 7) is 4.19. The predicted molar refractivity (Wildman–Crippen MR) is 105 cm³/mol. The van der Waals surface area contributed by atoms with Crippen molar-refractivity contribution in [2.45, 2.75) is 32.1 Å². The lowest BCUT2D eigenvalue weighted by Crippen LogP contribution is -2.50. The number of piperidine rings is 1. The summed E-state index contributed by atoms with van der Waals surface area (Å²) < 4.78 is 30.1. The Labute approximate surface area is 170 Å². The van der Waals surface area contributed by atoms with E-state index < -0.39 is 10.0 Å². The molecular formula is C19H25N5O4S. The minimum absolute atomic E-state index is 0.00222. The monoisotopic (exact) mass is 419 g/mol. The highest BCUT2D eigenvalue weighted by molar-refractivity contribution is 7.88. The van der Waals surface area contributed by atoms with E-state index in [1.807, 2.05) is 13.0 Å². The van der Waals surface area contributed by atoms with Crippen LogP contribution in [0.5, 0.6) is 0 Å². The van der Waals surface area contributed by atoms with Crippen LogP contribution in [0.3, 0.4) is 0 Å². The number of nitrogens with zero attached hydrogens (tertiary/aromatic N) is 5. The third-order valence-electron chi connectivity index (χ3n) is 5.64. The molecule has 0 aromatic carbocycles. The van der Waals surface area contributed by atoms with Gasteiger partial charge in [0.2, 0.25) is 15.9 Å². The maximum absolute atomic E-state index is 12.4. The first kappa shape index (κ1) is 20.0. The van der Waals surface area contributed by atoms with E-state index in [-0.39, 0.29) is 11.8 Å². The number of hydrogen-bond acceptors (Lipinski definition) is 7. The summed E-state index contributed by atoms with van der Waals surface area (Å²) in [5, 5.41) is 4.11. The molecular weight excluding hydrogens is 394 g/mol. The van der Waals surface area contributed by atoms with E-state index in [0.717, 1.165) is 5.69 Å². The van der Waals surface area contributed by atoms with Crippen molar-refractivity contribution < 1.29 is 17.7 Å². The van der Waals surface area contributed by atoms with E-state index in [9.17, 15) is 13.2 Å². The van der Waals surface area contributed by atoms with Crippen LogP contribution in [-0.4, -0.2) is 71.1 Å². The van der Waals surface area contributed by atoms with Crippen molar-refractivity contribution in [2.75, 3.05) is 32.4 Å². The summed E-state index contributed by atoms with van der Waals surface area (Å²) in [6.07, 6.45) is 4.89. The second-order valence-corrected chi connectivity index (χ2v) is 9.93. The number of pyridine rings is 1. The molecule has 2 aliphatic rings. The van der Waals surface area contributed by atoms with Crippen LogP contribution in [0, 0.1) is 12.8 Å². The van der Waals surface area contributed by atoms with Gasteiger partial charge in [0.1, 0.15) is 0 Å². The Morgan fingerprint density at radius 2 is 1.97 bits per heavy atom. The molecule has 0 bridgehead atoms. The quantitative estimate of drug-likeness (QED) is 0.717. The standard InChI is InChI=1S/C19H25N5O4S/c1-13-3-4-16(10-20-13)19(25)23-11-14(12-23)9-17-21-18(22-28-17)15-5-7-24(8-6-15)29(2,26)27/h3-4,10,14-15H,5-9,11-12H2,1-2H3. The van der Waals surface area contributed by atoms with Crippen LogP contribution >= 0.6 is 0 Å². The first-order valence-electron chi connectivity index (χ1n) is 9.79. The van der Waals surface area contributed by atoms with Gasteiger partial charge in [-0.1, -0.05) is 5.16 Å². The number of rotatable bonds is 5. The molecule has 29 heavy (non-hydrogen) atoms. The normalized spacial score (nSPS) is 19.3. The van der Waals surface area contributed by atoms with E-state index in [4.69, 9.17) is 4.52 Å². The van der Waals surface area contributed by atoms with Gasteiger partial charge < -0.3 is 9.42 Å². The summed E-state index contributed by atoms with van der Waals surface area (Å²) >= 11 is 0. The van der Waals surface area contributed by atoms with Gasteiger partial charge in [-0.2, -0.15) is 4.98 Å². The molecule has 0 spiro atoms. The molecule has 156 valence electrons. The fourth-order valence-electron chi connectivity index (χ4n) is 3.85. The van der Waals surface area contributed by atoms with Gasteiger partial charge in [0.25, 0.3) is 5.91 Å². The lowest BCUT2D eigenvalue weighted by atomic mass is 9.95. The van der Waals surface area contributed by atoms with Gasteiger partial charge in [0, 0.05) is 56.3 Å². The average molecular weight is 420 g/mol. The van der Waals surface area contributed by atoms with Crippen molar-refractivity contribution in [2.24, 2.45) is 5.92 Å². The molecule has 1 amide bonds. The first-order chi connectivity index (χ1) is 13.8. The number of hydrogen-bond donors (Lipinski definition) is 0. The van der Waals surface area contributed by atoms with Crippen molar-refractivity contribution in [1.82, 2.24) is 24.3 Å². The van der Waals surface area contributed by atoms with Gasteiger partial charge in [-0.15, -0.1) is 0 Å². The van der Waals surface area contributed by atoms with Gasteiger partial charge in [-0.05, 0) is 31.9 Å². The summed E-state index contributed by atoms with van der Waals surface area (Å²) in [6, 6.07) is 3.64. The molecule has 10 heteroatoms. The number of amides is 1. The third-order valence-corrected chi connectivity index (χ3v) is 6.94. The smallest absolute Gasteiger partial charge is 0.255 e. The zero-order valence-corrected chi connectivity index (χ0v) is 17.4. The summed E-state index contributed by atoms with van der Waals surface area (Å²) in [7, 11) is -3.14. The van der Waals surface area contributed by atoms with Crippen molar-refractivity contribution >= 4 is 15.9 Å². The maximum Gasteiger partial charge on any atom is 0.255 e. The van der Waals surface area contributed by atoms with Crippen molar-refractivity contribution in [3.8, 4) is 0 Å². The van der Waals surface area contributed by atoms with Gasteiger partial charge in [-0.25, -0.2) is 12.7 Å². The molecule has 0 radical (unpaired) electrons. The average Bonchev–Trinajstić information content (AvgIpc) is 3.12. The zero-order chi connectivity index (χ0) is 20.6. The Morgan fingerprint density at radius 3 is 2.59 bits per heavy atom. The topological polar surface area (TPSA) is 110 Å². The number of carbonyl (C=O) groups excluding carboxylic acids is 1. The summed E-state index contributed by atoms with van der Waals surface area (Å²) in [5.74, 6) is 1.67. The molecule has 0 atom stereocenters.